The number of aromatic nitrogens is 1. The fourth-order valence-corrected chi connectivity index (χ4v) is 4.90. The van der Waals surface area contributed by atoms with Crippen molar-refractivity contribution in [2.24, 2.45) is 11.8 Å². The lowest BCUT2D eigenvalue weighted by Gasteiger charge is -2.36. The Morgan fingerprint density at radius 3 is 2.83 bits per heavy atom. The minimum Gasteiger partial charge on any atom is -0.360 e. The van der Waals surface area contributed by atoms with Gasteiger partial charge in [-0.25, -0.2) is 0 Å². The quantitative estimate of drug-likeness (QED) is 0.855. The molecule has 4 fully saturated rings. The van der Waals surface area contributed by atoms with Crippen LogP contribution < -0.4 is 0 Å². The van der Waals surface area contributed by atoms with Crippen LogP contribution in [0.3, 0.4) is 0 Å². The molecule has 5 nitrogen and oxygen atoms in total. The van der Waals surface area contributed by atoms with E-state index in [1.807, 2.05) is 0 Å². The molecule has 4 heterocycles. The van der Waals surface area contributed by atoms with Crippen LogP contribution in [0.25, 0.3) is 0 Å². The van der Waals surface area contributed by atoms with Crippen LogP contribution >= 0.6 is 0 Å². The number of carbonyl (C=O) groups is 1. The minimum absolute atomic E-state index is 0.118. The molecule has 6 rings (SSSR count). The highest BCUT2D eigenvalue weighted by molar-refractivity contribution is 5.94. The van der Waals surface area contributed by atoms with Crippen LogP contribution in [0.1, 0.15) is 60.3 Å². The summed E-state index contributed by atoms with van der Waals surface area (Å²) >= 11 is 0. The SMILES string of the molecule is O=C(c1noc2c1CCCC2)N1C[C@H]2CC[C@@H](C1)N(CC1CC1)C2. The molecule has 5 heteroatoms. The van der Waals surface area contributed by atoms with Crippen molar-refractivity contribution < 1.29 is 9.32 Å². The monoisotopic (exact) mass is 329 g/mol. The van der Waals surface area contributed by atoms with Gasteiger partial charge < -0.3 is 9.42 Å². The number of hydrogen-bond donors (Lipinski definition) is 0. The van der Waals surface area contributed by atoms with Crippen molar-refractivity contribution in [3.05, 3.63) is 17.0 Å². The number of hydrogen-bond acceptors (Lipinski definition) is 4. The van der Waals surface area contributed by atoms with E-state index >= 15 is 0 Å². The Morgan fingerprint density at radius 2 is 1.96 bits per heavy atom. The van der Waals surface area contributed by atoms with Gasteiger partial charge in [0.05, 0.1) is 0 Å². The maximum absolute atomic E-state index is 13.1. The maximum Gasteiger partial charge on any atom is 0.276 e. The summed E-state index contributed by atoms with van der Waals surface area (Å²) < 4.78 is 5.47. The summed E-state index contributed by atoms with van der Waals surface area (Å²) in [5.74, 6) is 2.63. The third-order valence-electron chi connectivity index (χ3n) is 6.46. The molecule has 2 aliphatic carbocycles. The van der Waals surface area contributed by atoms with Gasteiger partial charge in [-0.15, -0.1) is 0 Å². The number of aryl methyl sites for hydroxylation is 1. The highest BCUT2D eigenvalue weighted by atomic mass is 16.5. The van der Waals surface area contributed by atoms with Crippen LogP contribution in [0.5, 0.6) is 0 Å². The van der Waals surface area contributed by atoms with E-state index in [1.165, 1.54) is 38.8 Å². The van der Waals surface area contributed by atoms with Crippen LogP contribution in [-0.2, 0) is 12.8 Å². The van der Waals surface area contributed by atoms with E-state index in [1.54, 1.807) is 0 Å². The highest BCUT2D eigenvalue weighted by Gasteiger charge is 2.39. The third kappa shape index (κ3) is 2.67. The zero-order chi connectivity index (χ0) is 16.1. The van der Waals surface area contributed by atoms with Crippen molar-refractivity contribution in [1.29, 1.82) is 0 Å². The summed E-state index contributed by atoms with van der Waals surface area (Å²) in [6.07, 6.45) is 9.52. The van der Waals surface area contributed by atoms with E-state index < -0.39 is 0 Å². The fraction of sp³-hybridized carbons (Fsp3) is 0.789. The van der Waals surface area contributed by atoms with E-state index in [0.717, 1.165) is 56.0 Å². The molecule has 5 aliphatic rings. The second-order valence-electron chi connectivity index (χ2n) is 8.34. The van der Waals surface area contributed by atoms with Crippen molar-refractivity contribution >= 4 is 5.91 Å². The van der Waals surface area contributed by atoms with E-state index in [4.69, 9.17) is 4.52 Å². The fourth-order valence-electron chi connectivity index (χ4n) is 4.90. The molecule has 24 heavy (non-hydrogen) atoms. The summed E-state index contributed by atoms with van der Waals surface area (Å²) in [5.41, 5.74) is 1.71. The average Bonchev–Trinajstić information content (AvgIpc) is 3.37. The van der Waals surface area contributed by atoms with Crippen LogP contribution in [0.2, 0.25) is 0 Å². The average molecular weight is 329 g/mol. The van der Waals surface area contributed by atoms with Gasteiger partial charge in [0.2, 0.25) is 0 Å². The largest absolute Gasteiger partial charge is 0.360 e. The number of nitrogens with zero attached hydrogens (tertiary/aromatic N) is 3. The molecule has 2 bridgehead atoms. The number of amides is 1. The Balaban J connectivity index is 1.35. The van der Waals surface area contributed by atoms with E-state index in [9.17, 15) is 4.79 Å². The molecule has 3 saturated heterocycles. The molecule has 1 aromatic rings. The first-order valence-electron chi connectivity index (χ1n) is 9.78. The zero-order valence-electron chi connectivity index (χ0n) is 14.4. The number of piperidine rings is 1. The molecule has 0 N–H and O–H groups in total. The maximum atomic E-state index is 13.1. The van der Waals surface area contributed by atoms with E-state index in [2.05, 4.69) is 15.0 Å². The van der Waals surface area contributed by atoms with Crippen molar-refractivity contribution in [2.75, 3.05) is 26.2 Å². The first-order chi connectivity index (χ1) is 11.8. The number of rotatable bonds is 3. The molecule has 130 valence electrons. The van der Waals surface area contributed by atoms with Gasteiger partial charge in [-0.1, -0.05) is 5.16 Å². The summed E-state index contributed by atoms with van der Waals surface area (Å²) in [5, 5.41) is 4.17. The third-order valence-corrected chi connectivity index (χ3v) is 6.46. The Morgan fingerprint density at radius 1 is 1.08 bits per heavy atom. The number of fused-ring (bicyclic) bond motifs is 5. The van der Waals surface area contributed by atoms with Crippen LogP contribution in [-0.4, -0.2) is 53.1 Å². The lowest BCUT2D eigenvalue weighted by atomic mass is 9.95. The second-order valence-corrected chi connectivity index (χ2v) is 8.34. The van der Waals surface area contributed by atoms with Crippen molar-refractivity contribution in [1.82, 2.24) is 15.0 Å². The summed E-state index contributed by atoms with van der Waals surface area (Å²) in [7, 11) is 0. The molecule has 2 atom stereocenters. The molecular weight excluding hydrogens is 302 g/mol. The second kappa shape index (κ2) is 5.87. The first-order valence-corrected chi connectivity index (χ1v) is 9.78. The molecule has 1 amide bonds. The van der Waals surface area contributed by atoms with Gasteiger partial charge >= 0.3 is 0 Å². The topological polar surface area (TPSA) is 49.6 Å². The van der Waals surface area contributed by atoms with Gasteiger partial charge in [-0.3, -0.25) is 9.69 Å². The standard InChI is InChI=1S/C19H27N3O2/c23-19(18-16-3-1-2-4-17(16)24-20-18)22-11-14-7-8-15(12-22)21(10-14)9-13-5-6-13/h13-15H,1-12H2/t14-,15-/m0/s1. The van der Waals surface area contributed by atoms with E-state index in [-0.39, 0.29) is 5.91 Å². The Kier molecular flexibility index (Phi) is 3.65. The lowest BCUT2D eigenvalue weighted by Crippen LogP contribution is -2.45. The zero-order valence-corrected chi connectivity index (χ0v) is 14.4. The number of carbonyl (C=O) groups excluding carboxylic acids is 1. The Labute approximate surface area is 143 Å². The van der Waals surface area contributed by atoms with Crippen LogP contribution in [0.4, 0.5) is 0 Å². The molecule has 0 unspecified atom stereocenters. The molecule has 0 aromatic carbocycles. The first kappa shape index (κ1) is 14.9. The van der Waals surface area contributed by atoms with Crippen molar-refractivity contribution in [2.45, 2.75) is 57.4 Å². The van der Waals surface area contributed by atoms with Crippen molar-refractivity contribution in [3.63, 3.8) is 0 Å². The highest BCUT2D eigenvalue weighted by Crippen LogP contribution is 2.35. The van der Waals surface area contributed by atoms with Gasteiger partial charge in [0.1, 0.15) is 5.76 Å². The van der Waals surface area contributed by atoms with Gasteiger partial charge in [-0.05, 0) is 56.8 Å². The van der Waals surface area contributed by atoms with Gasteiger partial charge in [0, 0.05) is 44.2 Å². The molecule has 0 radical (unpaired) electrons. The minimum atomic E-state index is 0.118. The van der Waals surface area contributed by atoms with Crippen molar-refractivity contribution in [3.8, 4) is 0 Å². The molecule has 1 saturated carbocycles. The molecule has 3 aliphatic heterocycles. The Hall–Kier alpha value is -1.36. The Bertz CT molecular complexity index is 637. The predicted molar refractivity (Wildman–Crippen MR) is 89.9 cm³/mol. The van der Waals surface area contributed by atoms with Gasteiger partial charge in [0.25, 0.3) is 5.91 Å². The smallest absolute Gasteiger partial charge is 0.276 e. The lowest BCUT2D eigenvalue weighted by molar-refractivity contribution is 0.0725. The summed E-state index contributed by atoms with van der Waals surface area (Å²) in [6, 6.07) is 0.552. The van der Waals surface area contributed by atoms with E-state index in [0.29, 0.717) is 17.7 Å². The van der Waals surface area contributed by atoms with Gasteiger partial charge in [-0.2, -0.15) is 0 Å². The van der Waals surface area contributed by atoms with Crippen LogP contribution in [0, 0.1) is 11.8 Å². The normalized spacial score (nSPS) is 30.2. The molecular formula is C19H27N3O2. The molecule has 0 spiro atoms. The predicted octanol–water partition coefficient (Wildman–Crippen LogP) is 2.50. The molecule has 1 aromatic heterocycles. The summed E-state index contributed by atoms with van der Waals surface area (Å²) in [4.78, 5) is 17.9. The summed E-state index contributed by atoms with van der Waals surface area (Å²) in [6.45, 7) is 4.21. The van der Waals surface area contributed by atoms with Gasteiger partial charge in [0.15, 0.2) is 5.69 Å². The van der Waals surface area contributed by atoms with Crippen LogP contribution in [0.15, 0.2) is 4.52 Å².